The van der Waals surface area contributed by atoms with Gasteiger partial charge in [-0.3, -0.25) is 4.99 Å². The summed E-state index contributed by atoms with van der Waals surface area (Å²) in [7, 11) is 1.79. The van der Waals surface area contributed by atoms with Crippen LogP contribution < -0.4 is 15.4 Å². The monoisotopic (exact) mass is 536 g/mol. The molecule has 0 radical (unpaired) electrons. The lowest BCUT2D eigenvalue weighted by Gasteiger charge is -2.15. The number of guanidine groups is 1. The van der Waals surface area contributed by atoms with Crippen LogP contribution in [0.1, 0.15) is 23.6 Å². The minimum absolute atomic E-state index is 0. The highest BCUT2D eigenvalue weighted by Gasteiger charge is 2.07. The van der Waals surface area contributed by atoms with Crippen LogP contribution in [0.25, 0.3) is 10.9 Å². The highest BCUT2D eigenvalue weighted by molar-refractivity contribution is 14.0. The highest BCUT2D eigenvalue weighted by atomic mass is 127. The number of aliphatic imine (C=N–C) groups is 1. The lowest BCUT2D eigenvalue weighted by Crippen LogP contribution is -2.37. The predicted molar refractivity (Wildman–Crippen MR) is 139 cm³/mol. The zero-order valence-electron chi connectivity index (χ0n) is 18.5. The molecule has 1 aromatic heterocycles. The number of nitrogens with zero attached hydrogens (tertiary/aromatic N) is 1. The van der Waals surface area contributed by atoms with Crippen molar-refractivity contribution in [3.63, 3.8) is 0 Å². The molecule has 3 rings (SSSR count). The minimum Gasteiger partial charge on any atom is -0.491 e. The maximum absolute atomic E-state index is 5.93. The van der Waals surface area contributed by atoms with Crippen LogP contribution in [0.3, 0.4) is 0 Å². The van der Waals surface area contributed by atoms with Crippen LogP contribution in [0.2, 0.25) is 0 Å². The van der Waals surface area contributed by atoms with Gasteiger partial charge in [-0.05, 0) is 43.5 Å². The molecule has 0 saturated heterocycles. The van der Waals surface area contributed by atoms with Gasteiger partial charge in [-0.15, -0.1) is 24.0 Å². The molecular formula is C24H33IN4O2. The van der Waals surface area contributed by atoms with Gasteiger partial charge in [0.2, 0.25) is 0 Å². The third-order valence-corrected chi connectivity index (χ3v) is 4.94. The van der Waals surface area contributed by atoms with Crippen molar-refractivity contribution in [2.75, 3.05) is 33.4 Å². The van der Waals surface area contributed by atoms with Gasteiger partial charge in [-0.1, -0.05) is 30.3 Å². The van der Waals surface area contributed by atoms with Gasteiger partial charge in [0.1, 0.15) is 12.4 Å². The number of hydrogen-bond acceptors (Lipinski definition) is 3. The molecule has 1 heterocycles. The quantitative estimate of drug-likeness (QED) is 0.155. The number of rotatable bonds is 10. The average molecular weight is 536 g/mol. The first-order valence-corrected chi connectivity index (χ1v) is 10.5. The van der Waals surface area contributed by atoms with Crippen LogP contribution in [0.4, 0.5) is 0 Å². The third-order valence-electron chi connectivity index (χ3n) is 4.94. The smallest absolute Gasteiger partial charge is 0.191 e. The van der Waals surface area contributed by atoms with E-state index in [9.17, 15) is 0 Å². The van der Waals surface area contributed by atoms with Crippen molar-refractivity contribution >= 4 is 40.8 Å². The summed E-state index contributed by atoms with van der Waals surface area (Å²) in [4.78, 5) is 7.67. The van der Waals surface area contributed by atoms with E-state index < -0.39 is 0 Å². The molecule has 0 aliphatic rings. The van der Waals surface area contributed by atoms with E-state index in [1.54, 1.807) is 7.05 Å². The Labute approximate surface area is 201 Å². The number of halogens is 1. The van der Waals surface area contributed by atoms with E-state index in [-0.39, 0.29) is 24.0 Å². The number of benzene rings is 2. The van der Waals surface area contributed by atoms with Crippen LogP contribution in [0.15, 0.2) is 53.7 Å². The molecule has 0 aliphatic heterocycles. The molecule has 7 heteroatoms. The maximum atomic E-state index is 5.93. The third kappa shape index (κ3) is 7.43. The fraction of sp³-hybridized carbons (Fsp3) is 0.375. The number of H-pyrrole nitrogens is 1. The van der Waals surface area contributed by atoms with E-state index in [4.69, 9.17) is 9.47 Å². The molecular weight excluding hydrogens is 503 g/mol. The van der Waals surface area contributed by atoms with Crippen molar-refractivity contribution in [1.29, 1.82) is 0 Å². The first-order valence-electron chi connectivity index (χ1n) is 10.5. The second-order valence-electron chi connectivity index (χ2n) is 7.12. The molecule has 168 valence electrons. The molecule has 31 heavy (non-hydrogen) atoms. The van der Waals surface area contributed by atoms with Crippen molar-refractivity contribution in [3.05, 3.63) is 65.4 Å². The van der Waals surface area contributed by atoms with Gasteiger partial charge >= 0.3 is 0 Å². The van der Waals surface area contributed by atoms with Crippen LogP contribution in [-0.2, 0) is 17.7 Å². The molecule has 0 bridgehead atoms. The Morgan fingerprint density at radius 3 is 2.71 bits per heavy atom. The Bertz CT molecular complexity index is 971. The fourth-order valence-corrected chi connectivity index (χ4v) is 3.35. The van der Waals surface area contributed by atoms with Crippen LogP contribution >= 0.6 is 24.0 Å². The molecule has 0 fully saturated rings. The lowest BCUT2D eigenvalue weighted by molar-refractivity contribution is 0.110. The van der Waals surface area contributed by atoms with E-state index in [0.717, 1.165) is 30.2 Å². The number of nitrogens with one attached hydrogen (secondary N) is 3. The summed E-state index contributed by atoms with van der Waals surface area (Å²) in [6, 6.07) is 14.6. The van der Waals surface area contributed by atoms with Crippen molar-refractivity contribution in [1.82, 2.24) is 15.6 Å². The molecule has 6 nitrogen and oxygen atoms in total. The van der Waals surface area contributed by atoms with Crippen LogP contribution in [-0.4, -0.2) is 44.4 Å². The maximum Gasteiger partial charge on any atom is 0.191 e. The molecule has 0 aliphatic carbocycles. The summed E-state index contributed by atoms with van der Waals surface area (Å²) in [5, 5.41) is 8.06. The molecule has 3 N–H and O–H groups in total. The number of hydrogen-bond donors (Lipinski definition) is 3. The largest absolute Gasteiger partial charge is 0.491 e. The van der Waals surface area contributed by atoms with Crippen molar-refractivity contribution in [2.24, 2.45) is 4.99 Å². The van der Waals surface area contributed by atoms with Gasteiger partial charge in [0, 0.05) is 49.4 Å². The van der Waals surface area contributed by atoms with Gasteiger partial charge in [0.05, 0.1) is 6.61 Å². The second-order valence-corrected chi connectivity index (χ2v) is 7.12. The molecule has 0 spiro atoms. The van der Waals surface area contributed by atoms with Crippen molar-refractivity contribution in [2.45, 2.75) is 26.8 Å². The molecule has 0 amide bonds. The van der Waals surface area contributed by atoms with Gasteiger partial charge in [0.15, 0.2) is 5.96 Å². The SMILES string of the molecule is CCOCCOc1cc(C)ccc1CNC(=NC)NCCc1c[nH]c2ccccc12.I. The van der Waals surface area contributed by atoms with Gasteiger partial charge in [-0.2, -0.15) is 0 Å². The Kier molecular flexibility index (Phi) is 10.7. The minimum atomic E-state index is 0. The van der Waals surface area contributed by atoms with E-state index in [0.29, 0.717) is 26.4 Å². The predicted octanol–water partition coefficient (Wildman–Crippen LogP) is 4.42. The van der Waals surface area contributed by atoms with Crippen LogP contribution in [0, 0.1) is 6.92 Å². The standard InChI is InChI=1S/C24H32N4O2.HI/c1-4-29-13-14-30-23-15-18(2)9-10-20(23)17-28-24(25-3)26-12-11-19-16-27-22-8-6-5-7-21(19)22;/h5-10,15-16,27H,4,11-14,17H2,1-3H3,(H2,25,26,28);1H. The van der Waals surface area contributed by atoms with E-state index in [1.807, 2.05) is 13.0 Å². The topological polar surface area (TPSA) is 70.7 Å². The summed E-state index contributed by atoms with van der Waals surface area (Å²) < 4.78 is 11.3. The number of aromatic amines is 1. The van der Waals surface area contributed by atoms with Gasteiger partial charge in [0.25, 0.3) is 0 Å². The summed E-state index contributed by atoms with van der Waals surface area (Å²) in [6.45, 7) is 7.32. The van der Waals surface area contributed by atoms with E-state index in [2.05, 4.69) is 70.1 Å². The summed E-state index contributed by atoms with van der Waals surface area (Å²) in [5.74, 6) is 1.66. The Morgan fingerprint density at radius 2 is 1.90 bits per heavy atom. The molecule has 2 aromatic carbocycles. The van der Waals surface area contributed by atoms with Gasteiger partial charge < -0.3 is 25.1 Å². The van der Waals surface area contributed by atoms with Crippen molar-refractivity contribution in [3.8, 4) is 5.75 Å². The number of ether oxygens (including phenoxy) is 2. The number of aromatic nitrogens is 1. The normalized spacial score (nSPS) is 11.3. The molecule has 0 saturated carbocycles. The highest BCUT2D eigenvalue weighted by Crippen LogP contribution is 2.20. The number of aryl methyl sites for hydroxylation is 1. The number of fused-ring (bicyclic) bond motifs is 1. The zero-order chi connectivity index (χ0) is 21.2. The summed E-state index contributed by atoms with van der Waals surface area (Å²) >= 11 is 0. The fourth-order valence-electron chi connectivity index (χ4n) is 3.35. The Morgan fingerprint density at radius 1 is 1.06 bits per heavy atom. The van der Waals surface area contributed by atoms with Crippen molar-refractivity contribution < 1.29 is 9.47 Å². The number of para-hydroxylation sites is 1. The Balaban J connectivity index is 0.00000341. The first-order chi connectivity index (χ1) is 14.7. The Hall–Kier alpha value is -2.26. The lowest BCUT2D eigenvalue weighted by atomic mass is 10.1. The van der Waals surface area contributed by atoms with Crippen LogP contribution in [0.5, 0.6) is 5.75 Å². The molecule has 0 unspecified atom stereocenters. The zero-order valence-corrected chi connectivity index (χ0v) is 20.9. The average Bonchev–Trinajstić information content (AvgIpc) is 3.18. The molecule has 3 aromatic rings. The van der Waals surface area contributed by atoms with E-state index >= 15 is 0 Å². The van der Waals surface area contributed by atoms with E-state index in [1.165, 1.54) is 22.0 Å². The summed E-state index contributed by atoms with van der Waals surface area (Å²) in [6.07, 6.45) is 3.00. The second kappa shape index (κ2) is 13.2. The first kappa shape index (κ1) is 25.0. The molecule has 0 atom stereocenters. The summed E-state index contributed by atoms with van der Waals surface area (Å²) in [5.41, 5.74) is 4.74. The van der Waals surface area contributed by atoms with Gasteiger partial charge in [-0.25, -0.2) is 0 Å².